The lowest BCUT2D eigenvalue weighted by Gasteiger charge is -2.30. The molecule has 1 aliphatic heterocycles. The van der Waals surface area contributed by atoms with Crippen molar-refractivity contribution in [3.63, 3.8) is 0 Å². The second-order valence-corrected chi connectivity index (χ2v) is 8.97. The van der Waals surface area contributed by atoms with E-state index in [-0.39, 0.29) is 36.9 Å². The van der Waals surface area contributed by atoms with Crippen molar-refractivity contribution >= 4 is 17.8 Å². The number of urea groups is 1. The number of imide groups is 1. The van der Waals surface area contributed by atoms with Crippen LogP contribution in [0.25, 0.3) is 0 Å². The van der Waals surface area contributed by atoms with Crippen molar-refractivity contribution in [2.75, 3.05) is 19.8 Å². The summed E-state index contributed by atoms with van der Waals surface area (Å²) in [6, 6.07) is 5.04. The molecule has 0 aromatic heterocycles. The van der Waals surface area contributed by atoms with Gasteiger partial charge in [0.2, 0.25) is 5.91 Å². The lowest BCUT2D eigenvalue weighted by Crippen LogP contribution is -2.48. The fourth-order valence-corrected chi connectivity index (χ4v) is 4.43. The molecule has 8 nitrogen and oxygen atoms in total. The number of ether oxygens (including phenoxy) is 2. The molecular weight excluding hydrogens is 422 g/mol. The Balaban J connectivity index is 1.56. The first-order chi connectivity index (χ1) is 15.9. The lowest BCUT2D eigenvalue weighted by molar-refractivity contribution is -0.132. The largest absolute Gasteiger partial charge is 0.490 e. The van der Waals surface area contributed by atoms with E-state index < -0.39 is 5.54 Å². The van der Waals surface area contributed by atoms with Gasteiger partial charge >= 0.3 is 6.03 Å². The standard InChI is InChI=1S/C25H37N3O5/c1-4-15-32-20-10-9-19(17-21(20)33-16-5-2)18(3)26-22(29)11-14-28-23(30)25(27-24(28)31)12-7-6-8-13-25/h9-10,17-18H,4-8,11-16H2,1-3H3,(H,26,29)(H,27,31). The molecule has 0 radical (unpaired) electrons. The fourth-order valence-electron chi connectivity index (χ4n) is 4.43. The topological polar surface area (TPSA) is 97.0 Å². The van der Waals surface area contributed by atoms with E-state index in [9.17, 15) is 14.4 Å². The van der Waals surface area contributed by atoms with E-state index in [1.165, 1.54) is 4.90 Å². The SMILES string of the molecule is CCCOc1ccc(C(C)NC(=O)CCN2C(=O)NC3(CCCCC3)C2=O)cc1OCCC. The molecule has 1 saturated carbocycles. The Bertz CT molecular complexity index is 850. The van der Waals surface area contributed by atoms with Gasteiger partial charge in [-0.2, -0.15) is 0 Å². The van der Waals surface area contributed by atoms with Crippen molar-refractivity contribution in [1.29, 1.82) is 0 Å². The van der Waals surface area contributed by atoms with E-state index >= 15 is 0 Å². The summed E-state index contributed by atoms with van der Waals surface area (Å²) in [6.07, 6.45) is 6.16. The molecule has 2 fully saturated rings. The minimum Gasteiger partial charge on any atom is -0.490 e. The summed E-state index contributed by atoms with van der Waals surface area (Å²) in [5, 5.41) is 5.84. The Kier molecular flexibility index (Phi) is 8.58. The van der Waals surface area contributed by atoms with Crippen molar-refractivity contribution in [3.05, 3.63) is 23.8 Å². The van der Waals surface area contributed by atoms with Crippen LogP contribution in [0.1, 0.15) is 83.7 Å². The molecule has 182 valence electrons. The third-order valence-electron chi connectivity index (χ3n) is 6.28. The van der Waals surface area contributed by atoms with Gasteiger partial charge in [-0.15, -0.1) is 0 Å². The van der Waals surface area contributed by atoms with Gasteiger partial charge in [0.05, 0.1) is 19.3 Å². The molecule has 1 saturated heterocycles. The number of benzene rings is 1. The average Bonchev–Trinajstić information content (AvgIpc) is 3.03. The van der Waals surface area contributed by atoms with E-state index in [2.05, 4.69) is 10.6 Å². The van der Waals surface area contributed by atoms with Crippen LogP contribution >= 0.6 is 0 Å². The number of carbonyl (C=O) groups excluding carboxylic acids is 3. The molecule has 4 amide bonds. The molecule has 1 heterocycles. The Morgan fingerprint density at radius 3 is 2.42 bits per heavy atom. The normalized spacial score (nSPS) is 18.2. The van der Waals surface area contributed by atoms with E-state index in [4.69, 9.17) is 9.47 Å². The maximum Gasteiger partial charge on any atom is 0.325 e. The molecule has 1 aromatic carbocycles. The van der Waals surface area contributed by atoms with Crippen LogP contribution in [-0.2, 0) is 9.59 Å². The average molecular weight is 460 g/mol. The number of rotatable bonds is 11. The summed E-state index contributed by atoms with van der Waals surface area (Å²) in [6.45, 7) is 7.26. The van der Waals surface area contributed by atoms with Gasteiger partial charge in [0.25, 0.3) is 5.91 Å². The molecule has 1 atom stereocenters. The number of hydrogen-bond acceptors (Lipinski definition) is 5. The number of hydrogen-bond donors (Lipinski definition) is 2. The highest BCUT2D eigenvalue weighted by Crippen LogP contribution is 2.34. The summed E-state index contributed by atoms with van der Waals surface area (Å²) in [5.41, 5.74) is 0.143. The lowest BCUT2D eigenvalue weighted by atomic mass is 9.82. The molecule has 1 spiro atoms. The second kappa shape index (κ2) is 11.4. The predicted molar refractivity (Wildman–Crippen MR) is 125 cm³/mol. The highest BCUT2D eigenvalue weighted by molar-refractivity contribution is 6.07. The van der Waals surface area contributed by atoms with Gasteiger partial charge in [-0.25, -0.2) is 4.79 Å². The minimum absolute atomic E-state index is 0.0659. The summed E-state index contributed by atoms with van der Waals surface area (Å²) in [7, 11) is 0. The maximum absolute atomic E-state index is 12.9. The van der Waals surface area contributed by atoms with Crippen molar-refractivity contribution in [2.45, 2.75) is 83.7 Å². The molecule has 1 aromatic rings. The third-order valence-corrected chi connectivity index (χ3v) is 6.28. The van der Waals surface area contributed by atoms with Crippen LogP contribution in [0.15, 0.2) is 18.2 Å². The maximum atomic E-state index is 12.9. The molecule has 2 N–H and O–H groups in total. The third kappa shape index (κ3) is 5.97. The van der Waals surface area contributed by atoms with Crippen LogP contribution in [-0.4, -0.2) is 48.0 Å². The zero-order chi connectivity index (χ0) is 23.8. The number of nitrogens with one attached hydrogen (secondary N) is 2. The van der Waals surface area contributed by atoms with E-state index in [0.717, 1.165) is 37.7 Å². The van der Waals surface area contributed by atoms with Gasteiger partial charge in [0, 0.05) is 13.0 Å². The molecular formula is C25H37N3O5. The predicted octanol–water partition coefficient (Wildman–Crippen LogP) is 4.09. The zero-order valence-electron chi connectivity index (χ0n) is 20.1. The quantitative estimate of drug-likeness (QED) is 0.486. The summed E-state index contributed by atoms with van der Waals surface area (Å²) < 4.78 is 11.6. The first-order valence-corrected chi connectivity index (χ1v) is 12.2. The van der Waals surface area contributed by atoms with Crippen LogP contribution < -0.4 is 20.1 Å². The van der Waals surface area contributed by atoms with Crippen molar-refractivity contribution in [3.8, 4) is 11.5 Å². The van der Waals surface area contributed by atoms with Crippen LogP contribution in [0, 0.1) is 0 Å². The van der Waals surface area contributed by atoms with E-state index in [0.29, 0.717) is 37.6 Å². The van der Waals surface area contributed by atoms with Crippen LogP contribution in [0.3, 0.4) is 0 Å². The van der Waals surface area contributed by atoms with Crippen molar-refractivity contribution < 1.29 is 23.9 Å². The summed E-state index contributed by atoms with van der Waals surface area (Å²) in [4.78, 5) is 39.0. The number of carbonyl (C=O) groups is 3. The molecule has 3 rings (SSSR count). The first kappa shape index (κ1) is 24.9. The Morgan fingerprint density at radius 2 is 1.76 bits per heavy atom. The van der Waals surface area contributed by atoms with Crippen molar-refractivity contribution in [2.24, 2.45) is 0 Å². The molecule has 0 bridgehead atoms. The van der Waals surface area contributed by atoms with Crippen LogP contribution in [0.4, 0.5) is 4.79 Å². The zero-order valence-corrected chi connectivity index (χ0v) is 20.1. The highest BCUT2D eigenvalue weighted by atomic mass is 16.5. The second-order valence-electron chi connectivity index (χ2n) is 8.97. The van der Waals surface area contributed by atoms with E-state index in [1.54, 1.807) is 0 Å². The smallest absolute Gasteiger partial charge is 0.325 e. The van der Waals surface area contributed by atoms with Gasteiger partial charge in [0.1, 0.15) is 5.54 Å². The summed E-state index contributed by atoms with van der Waals surface area (Å²) >= 11 is 0. The molecule has 2 aliphatic rings. The molecule has 33 heavy (non-hydrogen) atoms. The Hall–Kier alpha value is -2.77. The number of nitrogens with zero attached hydrogens (tertiary/aromatic N) is 1. The van der Waals surface area contributed by atoms with Gasteiger partial charge in [-0.3, -0.25) is 14.5 Å². The van der Waals surface area contributed by atoms with Gasteiger partial charge in [-0.05, 0) is 50.3 Å². The first-order valence-electron chi connectivity index (χ1n) is 12.2. The number of amides is 4. The minimum atomic E-state index is -0.754. The van der Waals surface area contributed by atoms with Crippen LogP contribution in [0.5, 0.6) is 11.5 Å². The van der Waals surface area contributed by atoms with Crippen molar-refractivity contribution in [1.82, 2.24) is 15.5 Å². The monoisotopic (exact) mass is 459 g/mol. The van der Waals surface area contributed by atoms with Gasteiger partial charge in [0.15, 0.2) is 11.5 Å². The van der Waals surface area contributed by atoms with Crippen LogP contribution in [0.2, 0.25) is 0 Å². The highest BCUT2D eigenvalue weighted by Gasteiger charge is 2.51. The fraction of sp³-hybridized carbons (Fsp3) is 0.640. The van der Waals surface area contributed by atoms with Gasteiger partial charge < -0.3 is 20.1 Å². The van der Waals surface area contributed by atoms with Gasteiger partial charge in [-0.1, -0.05) is 39.2 Å². The Labute approximate surface area is 196 Å². The molecule has 1 aliphatic carbocycles. The van der Waals surface area contributed by atoms with E-state index in [1.807, 2.05) is 39.0 Å². The summed E-state index contributed by atoms with van der Waals surface area (Å²) in [5.74, 6) is 0.965. The Morgan fingerprint density at radius 1 is 1.09 bits per heavy atom. The molecule has 1 unspecified atom stereocenters. The molecule has 8 heteroatoms.